The highest BCUT2D eigenvalue weighted by Gasteiger charge is 2.41. The van der Waals surface area contributed by atoms with Crippen LogP contribution in [0.3, 0.4) is 0 Å². The number of carbonyl (C=O) groups excluding carboxylic acids is 2. The molecule has 0 atom stereocenters. The molecule has 180 valence electrons. The number of rotatable bonds is 10. The van der Waals surface area contributed by atoms with Gasteiger partial charge in [0.25, 0.3) is 0 Å². The van der Waals surface area contributed by atoms with Crippen LogP contribution in [-0.4, -0.2) is 37.5 Å². The molecule has 0 heterocycles. The first kappa shape index (κ1) is 25.8. The van der Waals surface area contributed by atoms with E-state index in [2.05, 4.69) is 38.3 Å². The summed E-state index contributed by atoms with van der Waals surface area (Å²) in [6.45, 7) is 10.5. The standard InChI is InChI=1S/C25H46N2O4/c1-5-7-17-26-23(28)30-21-13-9-19(10-14-21)25(3,4)20-11-15-22(16-12-20)31-24(29)27-18-8-6-2/h19-22H,5-18H2,1-4H3,(H,26,28)(H,27,29). The summed E-state index contributed by atoms with van der Waals surface area (Å²) < 4.78 is 11.3. The van der Waals surface area contributed by atoms with Gasteiger partial charge in [0.1, 0.15) is 12.2 Å². The van der Waals surface area contributed by atoms with Gasteiger partial charge in [-0.25, -0.2) is 9.59 Å². The van der Waals surface area contributed by atoms with Crippen molar-refractivity contribution in [3.05, 3.63) is 0 Å². The molecule has 0 unspecified atom stereocenters. The molecule has 0 aromatic rings. The quantitative estimate of drug-likeness (QED) is 0.399. The molecule has 0 bridgehead atoms. The smallest absolute Gasteiger partial charge is 0.407 e. The molecule has 0 spiro atoms. The normalized spacial score (nSPS) is 26.7. The first-order valence-corrected chi connectivity index (χ1v) is 12.8. The van der Waals surface area contributed by atoms with E-state index in [0.717, 1.165) is 77.0 Å². The van der Waals surface area contributed by atoms with Gasteiger partial charge in [-0.3, -0.25) is 0 Å². The van der Waals surface area contributed by atoms with E-state index in [9.17, 15) is 9.59 Å². The molecular weight excluding hydrogens is 392 g/mol. The van der Waals surface area contributed by atoms with Crippen molar-refractivity contribution >= 4 is 12.2 Å². The van der Waals surface area contributed by atoms with Gasteiger partial charge in [-0.05, 0) is 81.5 Å². The van der Waals surface area contributed by atoms with Crippen LogP contribution in [0.5, 0.6) is 0 Å². The van der Waals surface area contributed by atoms with E-state index in [-0.39, 0.29) is 29.8 Å². The summed E-state index contributed by atoms with van der Waals surface area (Å²) in [4.78, 5) is 23.8. The zero-order valence-corrected chi connectivity index (χ0v) is 20.3. The number of hydrogen-bond acceptors (Lipinski definition) is 4. The Bertz CT molecular complexity index is 490. The summed E-state index contributed by atoms with van der Waals surface area (Å²) >= 11 is 0. The van der Waals surface area contributed by atoms with Gasteiger partial charge in [-0.2, -0.15) is 0 Å². The van der Waals surface area contributed by atoms with Crippen molar-refractivity contribution in [3.63, 3.8) is 0 Å². The Morgan fingerprint density at radius 2 is 1.06 bits per heavy atom. The minimum absolute atomic E-state index is 0.0593. The molecule has 2 fully saturated rings. The van der Waals surface area contributed by atoms with Crippen LogP contribution in [0.4, 0.5) is 9.59 Å². The van der Waals surface area contributed by atoms with Crippen molar-refractivity contribution in [1.29, 1.82) is 0 Å². The van der Waals surface area contributed by atoms with E-state index in [1.165, 1.54) is 0 Å². The number of amides is 2. The van der Waals surface area contributed by atoms with Gasteiger partial charge in [0.05, 0.1) is 0 Å². The fourth-order valence-corrected chi connectivity index (χ4v) is 5.30. The highest BCUT2D eigenvalue weighted by molar-refractivity contribution is 5.67. The third kappa shape index (κ3) is 8.53. The second-order valence-corrected chi connectivity index (χ2v) is 10.1. The molecule has 0 aromatic carbocycles. The predicted molar refractivity (Wildman–Crippen MR) is 124 cm³/mol. The van der Waals surface area contributed by atoms with Crippen LogP contribution in [0.15, 0.2) is 0 Å². The molecule has 2 rings (SSSR count). The van der Waals surface area contributed by atoms with E-state index in [0.29, 0.717) is 24.9 Å². The Labute approximate surface area is 189 Å². The van der Waals surface area contributed by atoms with Crippen molar-refractivity contribution in [3.8, 4) is 0 Å². The Balaban J connectivity index is 1.70. The minimum atomic E-state index is -0.256. The molecule has 2 saturated carbocycles. The maximum atomic E-state index is 11.9. The fourth-order valence-electron chi connectivity index (χ4n) is 5.30. The summed E-state index contributed by atoms with van der Waals surface area (Å²) in [5, 5.41) is 5.71. The van der Waals surface area contributed by atoms with Gasteiger partial charge in [0.2, 0.25) is 0 Å². The topological polar surface area (TPSA) is 76.7 Å². The van der Waals surface area contributed by atoms with E-state index >= 15 is 0 Å². The predicted octanol–water partition coefficient (Wildman–Crippen LogP) is 6.18. The zero-order chi connectivity index (χ0) is 22.7. The molecule has 0 aliphatic heterocycles. The molecule has 0 radical (unpaired) electrons. The summed E-state index contributed by atoms with van der Waals surface area (Å²) in [7, 11) is 0. The summed E-state index contributed by atoms with van der Waals surface area (Å²) in [6.07, 6.45) is 12.1. The second-order valence-electron chi connectivity index (χ2n) is 10.1. The lowest BCUT2D eigenvalue weighted by molar-refractivity contribution is -0.00645. The second kappa shape index (κ2) is 13.2. The molecule has 2 N–H and O–H groups in total. The van der Waals surface area contributed by atoms with E-state index in [1.807, 2.05) is 0 Å². The maximum Gasteiger partial charge on any atom is 0.407 e. The van der Waals surface area contributed by atoms with Crippen LogP contribution >= 0.6 is 0 Å². The van der Waals surface area contributed by atoms with Crippen molar-refractivity contribution in [2.45, 2.75) is 117 Å². The third-order valence-electron chi connectivity index (χ3n) is 7.60. The Hall–Kier alpha value is -1.46. The summed E-state index contributed by atoms with van der Waals surface area (Å²) in [5.41, 5.74) is 0.267. The van der Waals surface area contributed by atoms with Crippen LogP contribution < -0.4 is 10.6 Å². The van der Waals surface area contributed by atoms with Crippen LogP contribution in [0, 0.1) is 17.3 Å². The first-order valence-electron chi connectivity index (χ1n) is 12.8. The minimum Gasteiger partial charge on any atom is -0.446 e. The Kier molecular flexibility index (Phi) is 11.0. The lowest BCUT2D eigenvalue weighted by Gasteiger charge is -2.46. The van der Waals surface area contributed by atoms with Gasteiger partial charge in [-0.1, -0.05) is 40.5 Å². The van der Waals surface area contributed by atoms with Gasteiger partial charge in [0, 0.05) is 13.1 Å². The van der Waals surface area contributed by atoms with Crippen molar-refractivity contribution in [2.75, 3.05) is 13.1 Å². The van der Waals surface area contributed by atoms with Crippen LogP contribution in [-0.2, 0) is 9.47 Å². The van der Waals surface area contributed by atoms with E-state index in [1.54, 1.807) is 0 Å². The van der Waals surface area contributed by atoms with Crippen LogP contribution in [0.1, 0.15) is 105 Å². The number of hydrogen-bond donors (Lipinski definition) is 2. The lowest BCUT2D eigenvalue weighted by Crippen LogP contribution is -2.40. The average molecular weight is 439 g/mol. The lowest BCUT2D eigenvalue weighted by atomic mass is 9.60. The van der Waals surface area contributed by atoms with E-state index < -0.39 is 0 Å². The molecular formula is C25H46N2O4. The average Bonchev–Trinajstić information content (AvgIpc) is 2.75. The molecule has 2 aliphatic carbocycles. The molecule has 2 amide bonds. The summed E-state index contributed by atoms with van der Waals surface area (Å²) in [6, 6.07) is 0. The highest BCUT2D eigenvalue weighted by atomic mass is 16.6. The van der Waals surface area contributed by atoms with Gasteiger partial charge >= 0.3 is 12.2 Å². The molecule has 2 aliphatic rings. The molecule has 31 heavy (non-hydrogen) atoms. The van der Waals surface area contributed by atoms with Crippen LogP contribution in [0.2, 0.25) is 0 Å². The zero-order valence-electron chi connectivity index (χ0n) is 20.3. The largest absolute Gasteiger partial charge is 0.446 e. The van der Waals surface area contributed by atoms with Gasteiger partial charge < -0.3 is 20.1 Å². The fraction of sp³-hybridized carbons (Fsp3) is 0.920. The SMILES string of the molecule is CCCCNC(=O)OC1CCC(C(C)(C)C2CCC(OC(=O)NCCCC)CC2)CC1. The van der Waals surface area contributed by atoms with Crippen molar-refractivity contribution in [2.24, 2.45) is 17.3 Å². The number of unbranched alkanes of at least 4 members (excludes halogenated alkanes) is 2. The number of carbonyl (C=O) groups is 2. The number of ether oxygens (including phenoxy) is 2. The van der Waals surface area contributed by atoms with Crippen molar-refractivity contribution < 1.29 is 19.1 Å². The first-order chi connectivity index (χ1) is 14.9. The third-order valence-corrected chi connectivity index (χ3v) is 7.60. The van der Waals surface area contributed by atoms with Crippen LogP contribution in [0.25, 0.3) is 0 Å². The summed E-state index contributed by atoms with van der Waals surface area (Å²) in [5.74, 6) is 1.32. The highest BCUT2D eigenvalue weighted by Crippen LogP contribution is 2.48. The van der Waals surface area contributed by atoms with E-state index in [4.69, 9.17) is 9.47 Å². The number of nitrogens with one attached hydrogen (secondary N) is 2. The molecule has 0 aromatic heterocycles. The molecule has 6 heteroatoms. The Morgan fingerprint density at radius 1 is 0.710 bits per heavy atom. The molecule has 0 saturated heterocycles. The van der Waals surface area contributed by atoms with Gasteiger partial charge in [-0.15, -0.1) is 0 Å². The number of alkyl carbamates (subject to hydrolysis) is 2. The monoisotopic (exact) mass is 438 g/mol. The van der Waals surface area contributed by atoms with Crippen molar-refractivity contribution in [1.82, 2.24) is 10.6 Å². The van der Waals surface area contributed by atoms with Gasteiger partial charge in [0.15, 0.2) is 0 Å². The maximum absolute atomic E-state index is 11.9. The Morgan fingerprint density at radius 3 is 1.39 bits per heavy atom. The molecule has 6 nitrogen and oxygen atoms in total.